The van der Waals surface area contributed by atoms with E-state index in [1.807, 2.05) is 79.5 Å². The summed E-state index contributed by atoms with van der Waals surface area (Å²) in [6.45, 7) is 3.15. The Morgan fingerprint density at radius 3 is 2.43 bits per heavy atom. The molecule has 6 nitrogen and oxygen atoms in total. The normalized spacial score (nSPS) is 14.8. The number of aryl methyl sites for hydroxylation is 1. The first-order valence-electron chi connectivity index (χ1n) is 11.9. The van der Waals surface area contributed by atoms with Crippen molar-refractivity contribution < 1.29 is 14.3 Å². The minimum absolute atomic E-state index is 0.00231. The maximum Gasteiger partial charge on any atom is 0.273 e. The topological polar surface area (TPSA) is 56.6 Å². The first-order valence-corrected chi connectivity index (χ1v) is 11.9. The van der Waals surface area contributed by atoms with Crippen molar-refractivity contribution in [2.75, 3.05) is 20.3 Å². The van der Waals surface area contributed by atoms with Crippen molar-refractivity contribution in [3.05, 3.63) is 101 Å². The predicted molar refractivity (Wildman–Crippen MR) is 136 cm³/mol. The van der Waals surface area contributed by atoms with Gasteiger partial charge in [-0.15, -0.1) is 0 Å². The van der Waals surface area contributed by atoms with Gasteiger partial charge in [-0.05, 0) is 60.9 Å². The average Bonchev–Trinajstić information content (AvgIpc) is 3.38. The van der Waals surface area contributed by atoms with E-state index in [4.69, 9.17) is 14.6 Å². The number of carbonyl (C=O) groups excluding carboxylic acids is 1. The maximum atomic E-state index is 13.8. The number of nitrogens with zero attached hydrogens (tertiary/aromatic N) is 3. The Labute approximate surface area is 205 Å². The number of carbonyl (C=O) groups is 1. The van der Waals surface area contributed by atoms with E-state index in [1.165, 1.54) is 5.56 Å². The highest BCUT2D eigenvalue weighted by Gasteiger charge is 2.43. The number of methoxy groups -OCH3 is 1. The second kappa shape index (κ2) is 9.66. The van der Waals surface area contributed by atoms with Gasteiger partial charge in [0.1, 0.15) is 17.2 Å². The lowest BCUT2D eigenvalue weighted by atomic mass is 9.95. The minimum Gasteiger partial charge on any atom is -0.497 e. The zero-order chi connectivity index (χ0) is 24.4. The van der Waals surface area contributed by atoms with Crippen LogP contribution in [-0.2, 0) is 13.5 Å². The Kier molecular flexibility index (Phi) is 6.27. The highest BCUT2D eigenvalue weighted by molar-refractivity contribution is 6.00. The van der Waals surface area contributed by atoms with E-state index in [9.17, 15) is 4.79 Å². The Balaban J connectivity index is 1.61. The molecule has 0 saturated carbocycles. The number of hydrogen-bond acceptors (Lipinski definition) is 4. The van der Waals surface area contributed by atoms with Crippen molar-refractivity contribution in [3.63, 3.8) is 0 Å². The van der Waals surface area contributed by atoms with Crippen LogP contribution in [0.3, 0.4) is 0 Å². The number of rotatable bonds is 8. The molecule has 5 rings (SSSR count). The van der Waals surface area contributed by atoms with Gasteiger partial charge in [0, 0.05) is 24.7 Å². The van der Waals surface area contributed by atoms with Gasteiger partial charge < -0.3 is 14.4 Å². The lowest BCUT2D eigenvalue weighted by Crippen LogP contribution is -2.32. The number of amides is 1. The van der Waals surface area contributed by atoms with Crippen molar-refractivity contribution in [2.45, 2.75) is 19.4 Å². The van der Waals surface area contributed by atoms with E-state index in [0.29, 0.717) is 18.8 Å². The van der Waals surface area contributed by atoms with Crippen LogP contribution in [-0.4, -0.2) is 40.8 Å². The molecule has 1 aliphatic heterocycles. The molecule has 0 fully saturated rings. The van der Waals surface area contributed by atoms with Gasteiger partial charge >= 0.3 is 0 Å². The van der Waals surface area contributed by atoms with Crippen LogP contribution in [0.15, 0.2) is 78.9 Å². The molecule has 0 N–H and O–H groups in total. The van der Waals surface area contributed by atoms with Crippen molar-refractivity contribution in [2.24, 2.45) is 7.05 Å². The molecule has 0 saturated heterocycles. The smallest absolute Gasteiger partial charge is 0.273 e. The van der Waals surface area contributed by atoms with E-state index in [2.05, 4.69) is 18.2 Å². The van der Waals surface area contributed by atoms with Gasteiger partial charge in [-0.2, -0.15) is 5.10 Å². The molecule has 0 bridgehead atoms. The Morgan fingerprint density at radius 2 is 1.71 bits per heavy atom. The van der Waals surface area contributed by atoms with Crippen LogP contribution >= 0.6 is 0 Å². The summed E-state index contributed by atoms with van der Waals surface area (Å²) in [6.07, 6.45) is 0.771. The average molecular weight is 468 g/mol. The second-order valence-electron chi connectivity index (χ2n) is 8.61. The molecule has 0 radical (unpaired) electrons. The van der Waals surface area contributed by atoms with Crippen LogP contribution in [0.4, 0.5) is 0 Å². The Hall–Kier alpha value is -4.06. The zero-order valence-electron chi connectivity index (χ0n) is 20.3. The molecule has 4 aromatic rings. The number of hydrogen-bond donors (Lipinski definition) is 0. The van der Waals surface area contributed by atoms with Crippen LogP contribution in [0.5, 0.6) is 11.5 Å². The molecule has 0 aliphatic carbocycles. The van der Waals surface area contributed by atoms with Gasteiger partial charge in [0.15, 0.2) is 0 Å². The number of fused-ring (bicyclic) bond motifs is 1. The Bertz CT molecular complexity index is 1330. The maximum absolute atomic E-state index is 13.8. The zero-order valence-corrected chi connectivity index (χ0v) is 20.3. The lowest BCUT2D eigenvalue weighted by molar-refractivity contribution is 0.0741. The minimum atomic E-state index is -0.257. The fourth-order valence-corrected chi connectivity index (χ4v) is 4.84. The summed E-state index contributed by atoms with van der Waals surface area (Å²) in [4.78, 5) is 15.8. The van der Waals surface area contributed by atoms with E-state index in [1.54, 1.807) is 11.8 Å². The Morgan fingerprint density at radius 1 is 0.943 bits per heavy atom. The number of aromatic nitrogens is 2. The third-order valence-electron chi connectivity index (χ3n) is 6.46. The predicted octanol–water partition coefficient (Wildman–Crippen LogP) is 5.28. The summed E-state index contributed by atoms with van der Waals surface area (Å²) in [7, 11) is 3.50. The summed E-state index contributed by atoms with van der Waals surface area (Å²) < 4.78 is 12.8. The fourth-order valence-electron chi connectivity index (χ4n) is 4.84. The molecule has 3 aromatic carbocycles. The molecule has 2 heterocycles. The highest BCUT2D eigenvalue weighted by atomic mass is 16.5. The standard InChI is InChI=1S/C29H29N3O3/c1-4-35-24-12-8-11-22(19-24)27-25-26(21-13-15-23(34-3)16-14-21)30-31(2)28(25)29(33)32(27)18-17-20-9-6-5-7-10-20/h5-16,19,27H,4,17-18H2,1-3H3/t27-/m0/s1. The van der Waals surface area contributed by atoms with Crippen LogP contribution in [0, 0.1) is 0 Å². The van der Waals surface area contributed by atoms with E-state index in [0.717, 1.165) is 40.3 Å². The molecule has 1 aliphatic rings. The van der Waals surface area contributed by atoms with E-state index in [-0.39, 0.29) is 11.9 Å². The monoisotopic (exact) mass is 467 g/mol. The summed E-state index contributed by atoms with van der Waals surface area (Å²) in [5, 5.41) is 4.79. The van der Waals surface area contributed by atoms with Crippen molar-refractivity contribution in [3.8, 4) is 22.8 Å². The quantitative estimate of drug-likeness (QED) is 0.354. The third kappa shape index (κ3) is 4.28. The third-order valence-corrected chi connectivity index (χ3v) is 6.46. The highest BCUT2D eigenvalue weighted by Crippen LogP contribution is 2.44. The summed E-state index contributed by atoms with van der Waals surface area (Å²) >= 11 is 0. The van der Waals surface area contributed by atoms with Gasteiger partial charge in [-0.1, -0.05) is 42.5 Å². The molecular formula is C29H29N3O3. The first-order chi connectivity index (χ1) is 17.1. The van der Waals surface area contributed by atoms with E-state index < -0.39 is 0 Å². The van der Waals surface area contributed by atoms with Gasteiger partial charge in [0.05, 0.1) is 25.5 Å². The molecule has 6 heteroatoms. The number of benzene rings is 3. The molecule has 0 unspecified atom stereocenters. The first kappa shape index (κ1) is 22.7. The molecule has 1 amide bonds. The molecule has 1 atom stereocenters. The van der Waals surface area contributed by atoms with E-state index >= 15 is 0 Å². The summed E-state index contributed by atoms with van der Waals surface area (Å²) in [5.41, 5.74) is 5.55. The van der Waals surface area contributed by atoms with Crippen molar-refractivity contribution in [1.29, 1.82) is 0 Å². The molecule has 178 valence electrons. The summed E-state index contributed by atoms with van der Waals surface area (Å²) in [6, 6.07) is 25.9. The van der Waals surface area contributed by atoms with Crippen LogP contribution in [0.25, 0.3) is 11.3 Å². The van der Waals surface area contributed by atoms with Gasteiger partial charge in [-0.3, -0.25) is 9.48 Å². The van der Waals surface area contributed by atoms with Crippen molar-refractivity contribution >= 4 is 5.91 Å². The molecule has 1 aromatic heterocycles. The molecule has 35 heavy (non-hydrogen) atoms. The van der Waals surface area contributed by atoms with Crippen molar-refractivity contribution in [1.82, 2.24) is 14.7 Å². The second-order valence-corrected chi connectivity index (χ2v) is 8.61. The summed E-state index contributed by atoms with van der Waals surface area (Å²) in [5.74, 6) is 1.57. The lowest BCUT2D eigenvalue weighted by Gasteiger charge is -2.27. The van der Waals surface area contributed by atoms with Crippen LogP contribution in [0.1, 0.15) is 40.1 Å². The van der Waals surface area contributed by atoms with Gasteiger partial charge in [0.25, 0.3) is 5.91 Å². The van der Waals surface area contributed by atoms with Crippen LogP contribution in [0.2, 0.25) is 0 Å². The van der Waals surface area contributed by atoms with Gasteiger partial charge in [0.2, 0.25) is 0 Å². The fraction of sp³-hybridized carbons (Fsp3) is 0.241. The largest absolute Gasteiger partial charge is 0.497 e. The van der Waals surface area contributed by atoms with Crippen LogP contribution < -0.4 is 9.47 Å². The SMILES string of the molecule is CCOc1cccc([C@H]2c3c(-c4ccc(OC)cc4)nn(C)c3C(=O)N2CCc2ccccc2)c1. The van der Waals surface area contributed by atoms with Gasteiger partial charge in [-0.25, -0.2) is 0 Å². The molecule has 0 spiro atoms. The molecular weight excluding hydrogens is 438 g/mol. The number of ether oxygens (including phenoxy) is 2.